The minimum Gasteiger partial charge on any atom is -0.393 e. The van der Waals surface area contributed by atoms with Crippen LogP contribution in [0.25, 0.3) is 5.57 Å². The van der Waals surface area contributed by atoms with Gasteiger partial charge in [-0.2, -0.15) is 5.10 Å². The molecule has 0 radical (unpaired) electrons. The van der Waals surface area contributed by atoms with Gasteiger partial charge >= 0.3 is 0 Å². The lowest BCUT2D eigenvalue weighted by Crippen LogP contribution is -2.34. The number of nitrogens with one attached hydrogen (secondary N) is 3. The van der Waals surface area contributed by atoms with Crippen molar-refractivity contribution in [2.75, 3.05) is 18.9 Å². The van der Waals surface area contributed by atoms with Crippen LogP contribution < -0.4 is 10.6 Å². The number of rotatable bonds is 7. The first-order valence-electron chi connectivity index (χ1n) is 10.6. The highest BCUT2D eigenvalue weighted by molar-refractivity contribution is 6.09. The van der Waals surface area contributed by atoms with Crippen molar-refractivity contribution < 1.29 is 4.79 Å². The van der Waals surface area contributed by atoms with Crippen LogP contribution in [0.2, 0.25) is 0 Å². The van der Waals surface area contributed by atoms with E-state index in [1.165, 1.54) is 24.8 Å². The van der Waals surface area contributed by atoms with Gasteiger partial charge in [-0.3, -0.25) is 9.48 Å². The normalized spacial score (nSPS) is 16.2. The second kappa shape index (κ2) is 8.34. The molecule has 1 aromatic carbocycles. The third-order valence-corrected chi connectivity index (χ3v) is 5.97. The summed E-state index contributed by atoms with van der Waals surface area (Å²) in [7, 11) is 1.83. The molecule has 2 heterocycles. The number of carbonyl (C=O) groups excluding carboxylic acids is 1. The number of hydrogen-bond acceptors (Lipinski definition) is 5. The Bertz CT molecular complexity index is 1000. The maximum atomic E-state index is 12.0. The zero-order valence-corrected chi connectivity index (χ0v) is 18.0. The van der Waals surface area contributed by atoms with Gasteiger partial charge in [-0.25, -0.2) is 0 Å². The number of anilines is 2. The Morgan fingerprint density at radius 3 is 2.83 bits per heavy atom. The predicted molar refractivity (Wildman–Crippen MR) is 120 cm³/mol. The van der Waals surface area contributed by atoms with E-state index in [0.717, 1.165) is 59.2 Å². The lowest BCUT2D eigenvalue weighted by Gasteiger charge is -2.26. The summed E-state index contributed by atoms with van der Waals surface area (Å²) >= 11 is 0. The number of hydrogen-bond donors (Lipinski definition) is 3. The number of aromatic nitrogens is 2. The Labute approximate surface area is 177 Å². The molecule has 1 aromatic heterocycles. The van der Waals surface area contributed by atoms with Gasteiger partial charge in [-0.05, 0) is 48.9 Å². The fourth-order valence-electron chi connectivity index (χ4n) is 4.06. The summed E-state index contributed by atoms with van der Waals surface area (Å²) in [5, 5.41) is 19.2. The van der Waals surface area contributed by atoms with Gasteiger partial charge in [0.25, 0.3) is 0 Å². The van der Waals surface area contributed by atoms with E-state index in [9.17, 15) is 4.79 Å². The molecule has 0 bridgehead atoms. The first-order chi connectivity index (χ1) is 14.5. The molecule has 3 N–H and O–H groups in total. The topological polar surface area (TPSA) is 86.0 Å². The third-order valence-electron chi connectivity index (χ3n) is 5.97. The van der Waals surface area contributed by atoms with Crippen molar-refractivity contribution in [2.24, 2.45) is 5.92 Å². The Kier molecular flexibility index (Phi) is 5.61. The molecule has 0 saturated heterocycles. The number of fused-ring (bicyclic) bond motifs is 1. The molecule has 7 nitrogen and oxygen atoms in total. The van der Waals surface area contributed by atoms with Crippen LogP contribution in [0.3, 0.4) is 0 Å². The van der Waals surface area contributed by atoms with Gasteiger partial charge in [0, 0.05) is 68.4 Å². The SMILES string of the molecule is CN/C=C(\C=N)c1cc(Nc2nn(CC3CC3)c3c2CN(C(C)=O)CC3)ccc1C. The molecular weight excluding hydrogens is 376 g/mol. The van der Waals surface area contributed by atoms with Gasteiger partial charge in [0.15, 0.2) is 5.82 Å². The smallest absolute Gasteiger partial charge is 0.219 e. The maximum absolute atomic E-state index is 12.0. The molecule has 2 aromatic rings. The predicted octanol–water partition coefficient (Wildman–Crippen LogP) is 3.46. The van der Waals surface area contributed by atoms with Crippen LogP contribution >= 0.6 is 0 Å². The Morgan fingerprint density at radius 1 is 1.37 bits per heavy atom. The number of nitrogens with zero attached hydrogens (tertiary/aromatic N) is 3. The first-order valence-corrected chi connectivity index (χ1v) is 10.6. The molecule has 0 unspecified atom stereocenters. The van der Waals surface area contributed by atoms with Crippen molar-refractivity contribution in [1.29, 1.82) is 5.41 Å². The van der Waals surface area contributed by atoms with Crippen LogP contribution in [0.5, 0.6) is 0 Å². The Hall–Kier alpha value is -3.09. The van der Waals surface area contributed by atoms with Crippen molar-refractivity contribution in [3.8, 4) is 0 Å². The number of amides is 1. The van der Waals surface area contributed by atoms with Crippen LogP contribution in [0, 0.1) is 18.3 Å². The van der Waals surface area contributed by atoms with Crippen LogP contribution in [0.4, 0.5) is 11.5 Å². The summed E-state index contributed by atoms with van der Waals surface area (Å²) in [5.74, 6) is 1.67. The molecule has 1 fully saturated rings. The van der Waals surface area contributed by atoms with Gasteiger partial charge in [-0.15, -0.1) is 0 Å². The van der Waals surface area contributed by atoms with Crippen LogP contribution in [0.1, 0.15) is 42.1 Å². The Balaban J connectivity index is 1.67. The number of allylic oxidation sites excluding steroid dienone is 1. The zero-order valence-electron chi connectivity index (χ0n) is 18.0. The summed E-state index contributed by atoms with van der Waals surface area (Å²) in [4.78, 5) is 13.9. The highest BCUT2D eigenvalue weighted by Crippen LogP contribution is 2.34. The summed E-state index contributed by atoms with van der Waals surface area (Å²) < 4.78 is 2.16. The van der Waals surface area contributed by atoms with E-state index in [0.29, 0.717) is 6.54 Å². The molecule has 4 rings (SSSR count). The third kappa shape index (κ3) is 4.10. The molecule has 30 heavy (non-hydrogen) atoms. The second-order valence-electron chi connectivity index (χ2n) is 8.28. The number of aryl methyl sites for hydroxylation is 1. The van der Waals surface area contributed by atoms with Gasteiger partial charge in [-0.1, -0.05) is 6.07 Å². The highest BCUT2D eigenvalue weighted by Gasteiger charge is 2.29. The van der Waals surface area contributed by atoms with E-state index in [1.807, 2.05) is 31.1 Å². The van der Waals surface area contributed by atoms with Crippen LogP contribution in [0.15, 0.2) is 24.4 Å². The summed E-state index contributed by atoms with van der Waals surface area (Å²) in [6.07, 6.45) is 6.60. The van der Waals surface area contributed by atoms with Crippen molar-refractivity contribution in [2.45, 2.75) is 46.2 Å². The molecular formula is C23H30N6O. The average molecular weight is 407 g/mol. The fourth-order valence-corrected chi connectivity index (χ4v) is 4.06. The largest absolute Gasteiger partial charge is 0.393 e. The minimum absolute atomic E-state index is 0.104. The lowest BCUT2D eigenvalue weighted by atomic mass is 10.0. The van der Waals surface area contributed by atoms with E-state index in [2.05, 4.69) is 27.4 Å². The molecule has 158 valence electrons. The van der Waals surface area contributed by atoms with Crippen molar-refractivity contribution in [3.63, 3.8) is 0 Å². The van der Waals surface area contributed by atoms with E-state index < -0.39 is 0 Å². The maximum Gasteiger partial charge on any atom is 0.219 e. The standard InChI is InChI=1S/C23H30N6O/c1-15-4-7-19(10-20(15)18(11-24)12-25-3)26-23-21-14-28(16(2)30)9-8-22(21)29(27-23)13-17-5-6-17/h4,7,10-12,17,24-25H,5-6,8-9,13-14H2,1-3H3,(H,26,27)/b18-12+,24-11?. The quantitative estimate of drug-likeness (QED) is 0.615. The molecule has 7 heteroatoms. The van der Waals surface area contributed by atoms with Crippen LogP contribution in [-0.2, 0) is 24.3 Å². The summed E-state index contributed by atoms with van der Waals surface area (Å²) in [6.45, 7) is 5.99. The molecule has 1 amide bonds. The van der Waals surface area contributed by atoms with Crippen molar-refractivity contribution in [3.05, 3.63) is 46.8 Å². The molecule has 1 saturated carbocycles. The summed E-state index contributed by atoms with van der Waals surface area (Å²) in [6, 6.07) is 6.15. The second-order valence-corrected chi connectivity index (χ2v) is 8.28. The van der Waals surface area contributed by atoms with E-state index in [1.54, 1.807) is 6.92 Å². The lowest BCUT2D eigenvalue weighted by molar-refractivity contribution is -0.129. The van der Waals surface area contributed by atoms with Crippen molar-refractivity contribution in [1.82, 2.24) is 20.0 Å². The van der Waals surface area contributed by atoms with Crippen molar-refractivity contribution >= 4 is 29.2 Å². The molecule has 1 aliphatic carbocycles. The number of carbonyl (C=O) groups is 1. The molecule has 0 atom stereocenters. The molecule has 1 aliphatic heterocycles. The van der Waals surface area contributed by atoms with Gasteiger partial charge < -0.3 is 20.9 Å². The van der Waals surface area contributed by atoms with E-state index in [-0.39, 0.29) is 5.91 Å². The average Bonchev–Trinajstić information content (AvgIpc) is 3.49. The molecule has 0 spiro atoms. The van der Waals surface area contributed by atoms with E-state index >= 15 is 0 Å². The summed E-state index contributed by atoms with van der Waals surface area (Å²) in [5.41, 5.74) is 6.23. The van der Waals surface area contributed by atoms with Crippen LogP contribution in [-0.4, -0.2) is 40.4 Å². The zero-order chi connectivity index (χ0) is 21.3. The first kappa shape index (κ1) is 20.2. The fraction of sp³-hybridized carbons (Fsp3) is 0.435. The number of benzene rings is 1. The minimum atomic E-state index is 0.104. The Morgan fingerprint density at radius 2 is 2.17 bits per heavy atom. The van der Waals surface area contributed by atoms with E-state index in [4.69, 9.17) is 10.5 Å². The van der Waals surface area contributed by atoms with Gasteiger partial charge in [0.2, 0.25) is 5.91 Å². The highest BCUT2D eigenvalue weighted by atomic mass is 16.2. The molecule has 2 aliphatic rings. The van der Waals surface area contributed by atoms with Gasteiger partial charge in [0.05, 0.1) is 6.54 Å². The van der Waals surface area contributed by atoms with Gasteiger partial charge in [0.1, 0.15) is 0 Å². The monoisotopic (exact) mass is 406 g/mol.